The van der Waals surface area contributed by atoms with Gasteiger partial charge in [0.05, 0.1) is 11.1 Å². The molecular weight excluding hydrogens is 305 g/mol. The first-order valence-electron chi connectivity index (χ1n) is 8.79. The summed E-state index contributed by atoms with van der Waals surface area (Å²) in [4.78, 5) is 15.2. The second-order valence-electron chi connectivity index (χ2n) is 7.42. The van der Waals surface area contributed by atoms with Crippen LogP contribution in [0.3, 0.4) is 0 Å². The number of hydrogen-bond acceptors (Lipinski definition) is 2. The molecule has 1 aromatic heterocycles. The molecule has 1 N–H and O–H groups in total. The normalized spacial score (nSPS) is 20.6. The van der Waals surface area contributed by atoms with Crippen LogP contribution in [-0.2, 0) is 4.79 Å². The summed E-state index contributed by atoms with van der Waals surface area (Å²) < 4.78 is 15.9. The van der Waals surface area contributed by atoms with Crippen LogP contribution >= 0.6 is 0 Å². The van der Waals surface area contributed by atoms with E-state index in [0.717, 1.165) is 43.6 Å². The second kappa shape index (κ2) is 5.59. The van der Waals surface area contributed by atoms with Crippen molar-refractivity contribution in [3.63, 3.8) is 0 Å². The summed E-state index contributed by atoms with van der Waals surface area (Å²) in [5, 5.41) is 3.84. The number of aromatic nitrogens is 1. The predicted octanol–water partition coefficient (Wildman–Crippen LogP) is 3.00. The summed E-state index contributed by atoms with van der Waals surface area (Å²) in [6.45, 7) is 7.10. The maximum Gasteiger partial charge on any atom is 0.243 e. The Morgan fingerprint density at radius 2 is 2.08 bits per heavy atom. The molecule has 2 aliphatic rings. The van der Waals surface area contributed by atoms with Crippen molar-refractivity contribution >= 4 is 16.8 Å². The van der Waals surface area contributed by atoms with E-state index >= 15 is 0 Å². The lowest BCUT2D eigenvalue weighted by atomic mass is 10.1. The molecule has 2 heterocycles. The van der Waals surface area contributed by atoms with Gasteiger partial charge in [-0.3, -0.25) is 4.79 Å². The highest BCUT2D eigenvalue weighted by Crippen LogP contribution is 2.38. The summed E-state index contributed by atoms with van der Waals surface area (Å²) in [5.74, 6) is -0.215. The molecule has 128 valence electrons. The molecule has 1 amide bonds. The number of amides is 1. The van der Waals surface area contributed by atoms with Gasteiger partial charge in [-0.05, 0) is 63.9 Å². The van der Waals surface area contributed by atoms with Gasteiger partial charge in [0.2, 0.25) is 5.91 Å². The van der Waals surface area contributed by atoms with E-state index in [2.05, 4.69) is 10.2 Å². The first-order valence-corrected chi connectivity index (χ1v) is 8.79. The molecule has 4 nitrogen and oxygen atoms in total. The van der Waals surface area contributed by atoms with E-state index in [4.69, 9.17) is 0 Å². The van der Waals surface area contributed by atoms with Crippen molar-refractivity contribution in [2.75, 3.05) is 19.6 Å². The van der Waals surface area contributed by atoms with Gasteiger partial charge in [-0.15, -0.1) is 0 Å². The average Bonchev–Trinajstić information content (AvgIpc) is 3.11. The number of aryl methyl sites for hydroxylation is 1. The number of fused-ring (bicyclic) bond motifs is 1. The summed E-state index contributed by atoms with van der Waals surface area (Å²) in [7, 11) is 0. The lowest BCUT2D eigenvalue weighted by molar-refractivity contribution is -0.125. The van der Waals surface area contributed by atoms with Crippen LogP contribution in [0, 0.1) is 12.7 Å². The first kappa shape index (κ1) is 15.6. The van der Waals surface area contributed by atoms with E-state index in [9.17, 15) is 9.18 Å². The van der Waals surface area contributed by atoms with Crippen molar-refractivity contribution in [1.82, 2.24) is 14.8 Å². The fraction of sp³-hybridized carbons (Fsp3) is 0.526. The zero-order chi connectivity index (χ0) is 16.9. The predicted molar refractivity (Wildman–Crippen MR) is 92.5 cm³/mol. The van der Waals surface area contributed by atoms with Crippen LogP contribution in [0.15, 0.2) is 24.4 Å². The van der Waals surface area contributed by atoms with Crippen LogP contribution in [-0.4, -0.2) is 40.5 Å². The van der Waals surface area contributed by atoms with Crippen molar-refractivity contribution in [3.8, 4) is 0 Å². The lowest BCUT2D eigenvalue weighted by Gasteiger charge is -2.35. The van der Waals surface area contributed by atoms with Crippen LogP contribution in [0.25, 0.3) is 10.9 Å². The van der Waals surface area contributed by atoms with Crippen LogP contribution in [0.5, 0.6) is 0 Å². The molecule has 1 saturated heterocycles. The largest absolute Gasteiger partial charge is 0.348 e. The number of hydrogen-bond donors (Lipinski definition) is 1. The summed E-state index contributed by atoms with van der Waals surface area (Å²) in [6, 6.07) is 4.66. The maximum absolute atomic E-state index is 14.0. The number of halogens is 1. The minimum atomic E-state index is -0.350. The molecule has 1 unspecified atom stereocenters. The Labute approximate surface area is 141 Å². The van der Waals surface area contributed by atoms with Crippen molar-refractivity contribution in [2.24, 2.45) is 0 Å². The van der Waals surface area contributed by atoms with Gasteiger partial charge in [-0.25, -0.2) is 4.39 Å². The monoisotopic (exact) mass is 329 g/mol. The smallest absolute Gasteiger partial charge is 0.243 e. The van der Waals surface area contributed by atoms with E-state index in [1.165, 1.54) is 12.5 Å². The molecule has 1 aliphatic heterocycles. The third kappa shape index (κ3) is 2.61. The molecule has 4 rings (SSSR count). The Morgan fingerprint density at radius 1 is 1.33 bits per heavy atom. The molecule has 1 atom stereocenters. The van der Waals surface area contributed by atoms with Crippen LogP contribution < -0.4 is 5.32 Å². The molecule has 0 bridgehead atoms. The number of carbonyl (C=O) groups is 1. The lowest BCUT2D eigenvalue weighted by Crippen LogP contribution is -2.51. The third-order valence-electron chi connectivity index (χ3n) is 5.54. The number of nitrogens with zero attached hydrogens (tertiary/aromatic N) is 2. The Kier molecular flexibility index (Phi) is 3.64. The molecule has 0 spiro atoms. The SMILES string of the molecule is Cc1ccc(F)c2ccn(C(C)C(=O)NC3(CN4CCC4)CC3)c12. The van der Waals surface area contributed by atoms with E-state index in [-0.39, 0.29) is 23.3 Å². The topological polar surface area (TPSA) is 37.3 Å². The number of likely N-dealkylation sites (tertiary alicyclic amines) is 1. The number of nitrogens with one attached hydrogen (secondary N) is 1. The molecule has 2 fully saturated rings. The minimum absolute atomic E-state index is 0.0224. The van der Waals surface area contributed by atoms with Crippen molar-refractivity contribution < 1.29 is 9.18 Å². The van der Waals surface area contributed by atoms with Gasteiger partial charge in [0.1, 0.15) is 11.9 Å². The Balaban J connectivity index is 1.54. The third-order valence-corrected chi connectivity index (χ3v) is 5.54. The second-order valence-corrected chi connectivity index (χ2v) is 7.42. The molecule has 5 heteroatoms. The highest BCUT2D eigenvalue weighted by atomic mass is 19.1. The molecule has 2 aromatic rings. The van der Waals surface area contributed by atoms with E-state index in [1.54, 1.807) is 12.1 Å². The number of carbonyl (C=O) groups excluding carboxylic acids is 1. The van der Waals surface area contributed by atoms with Gasteiger partial charge in [0.15, 0.2) is 0 Å². The summed E-state index contributed by atoms with van der Waals surface area (Å²) >= 11 is 0. The molecule has 1 aliphatic carbocycles. The number of benzene rings is 1. The van der Waals surface area contributed by atoms with Gasteiger partial charge >= 0.3 is 0 Å². The van der Waals surface area contributed by atoms with Crippen LogP contribution in [0.4, 0.5) is 4.39 Å². The first-order chi connectivity index (χ1) is 11.5. The maximum atomic E-state index is 14.0. The number of rotatable bonds is 5. The van der Waals surface area contributed by atoms with E-state index in [1.807, 2.05) is 24.6 Å². The quantitative estimate of drug-likeness (QED) is 0.915. The molecular formula is C19H24FN3O. The Hall–Kier alpha value is -1.88. The van der Waals surface area contributed by atoms with Crippen molar-refractivity contribution in [1.29, 1.82) is 0 Å². The molecule has 0 radical (unpaired) electrons. The zero-order valence-corrected chi connectivity index (χ0v) is 14.3. The average molecular weight is 329 g/mol. The molecule has 24 heavy (non-hydrogen) atoms. The van der Waals surface area contributed by atoms with Crippen LogP contribution in [0.2, 0.25) is 0 Å². The zero-order valence-electron chi connectivity index (χ0n) is 14.3. The van der Waals surface area contributed by atoms with Gasteiger partial charge in [0, 0.05) is 18.1 Å². The molecule has 1 saturated carbocycles. The fourth-order valence-corrected chi connectivity index (χ4v) is 3.68. The highest BCUT2D eigenvalue weighted by molar-refractivity contribution is 5.88. The summed E-state index contributed by atoms with van der Waals surface area (Å²) in [6.07, 6.45) is 5.20. The fourth-order valence-electron chi connectivity index (χ4n) is 3.68. The Bertz CT molecular complexity index is 789. The van der Waals surface area contributed by atoms with Gasteiger partial charge < -0.3 is 14.8 Å². The molecule has 1 aromatic carbocycles. The van der Waals surface area contributed by atoms with Gasteiger partial charge in [-0.2, -0.15) is 0 Å². The standard InChI is InChI=1S/C19H24FN3O/c1-13-4-5-16(20)15-6-11-23(17(13)15)14(2)18(24)21-19(7-8-19)12-22-9-3-10-22/h4-6,11,14H,3,7-10,12H2,1-2H3,(H,21,24). The minimum Gasteiger partial charge on any atom is -0.348 e. The van der Waals surface area contributed by atoms with E-state index < -0.39 is 0 Å². The van der Waals surface area contributed by atoms with Crippen molar-refractivity contribution in [3.05, 3.63) is 35.8 Å². The summed E-state index contributed by atoms with van der Waals surface area (Å²) in [5.41, 5.74) is 1.76. The van der Waals surface area contributed by atoms with Gasteiger partial charge in [0.25, 0.3) is 0 Å². The van der Waals surface area contributed by atoms with Crippen molar-refractivity contribution in [2.45, 2.75) is 44.7 Å². The van der Waals surface area contributed by atoms with Gasteiger partial charge in [-0.1, -0.05) is 6.07 Å². The highest BCUT2D eigenvalue weighted by Gasteiger charge is 2.46. The van der Waals surface area contributed by atoms with E-state index in [0.29, 0.717) is 5.39 Å². The Morgan fingerprint density at radius 3 is 2.71 bits per heavy atom. The van der Waals surface area contributed by atoms with Crippen LogP contribution in [0.1, 0.15) is 37.8 Å².